The van der Waals surface area contributed by atoms with Crippen molar-refractivity contribution in [1.82, 2.24) is 20.0 Å². The molecule has 0 saturated carbocycles. The number of hydrogen-bond acceptors (Lipinski definition) is 6. The van der Waals surface area contributed by atoms with Crippen LogP contribution >= 0.6 is 0 Å². The predicted octanol–water partition coefficient (Wildman–Crippen LogP) is 3.87. The minimum atomic E-state index is -0.493. The van der Waals surface area contributed by atoms with Gasteiger partial charge in [-0.05, 0) is 55.9 Å². The number of pyridine rings is 1. The number of phenolic OH excluding ortho intramolecular Hbond substituents is 1. The lowest BCUT2D eigenvalue weighted by molar-refractivity contribution is 0.0271. The van der Waals surface area contributed by atoms with Gasteiger partial charge in [-0.3, -0.25) is 4.98 Å². The molecule has 1 aliphatic heterocycles. The maximum absolute atomic E-state index is 12.9. The van der Waals surface area contributed by atoms with Crippen LogP contribution < -0.4 is 0 Å². The fourth-order valence-electron chi connectivity index (χ4n) is 3.77. The number of carbonyl (C=O) groups excluding carboxylic acids is 1. The Morgan fingerprint density at radius 3 is 2.90 bits per heavy atom. The van der Waals surface area contributed by atoms with Gasteiger partial charge in [-0.1, -0.05) is 35.6 Å². The summed E-state index contributed by atoms with van der Waals surface area (Å²) in [7, 11) is 0. The molecule has 1 atom stereocenters. The Morgan fingerprint density at radius 1 is 1.10 bits per heavy atom. The molecule has 160 valence electrons. The summed E-state index contributed by atoms with van der Waals surface area (Å²) in [4.78, 5) is 17.2. The van der Waals surface area contributed by atoms with Gasteiger partial charge in [0, 0.05) is 18.8 Å². The fourth-order valence-corrected chi connectivity index (χ4v) is 3.77. The first-order valence-corrected chi connectivity index (χ1v) is 10.6. The van der Waals surface area contributed by atoms with E-state index in [2.05, 4.69) is 21.4 Å². The third-order valence-electron chi connectivity index (χ3n) is 5.33. The van der Waals surface area contributed by atoms with Gasteiger partial charge in [0.15, 0.2) is 0 Å². The van der Waals surface area contributed by atoms with Crippen LogP contribution in [0.1, 0.15) is 53.0 Å². The molecular weight excluding hydrogens is 392 g/mol. The number of hydrogen-bond donors (Lipinski definition) is 1. The largest absolute Gasteiger partial charge is 0.507 e. The number of aromatic nitrogens is 4. The second kappa shape index (κ2) is 10.0. The van der Waals surface area contributed by atoms with Crippen LogP contribution in [-0.2, 0) is 24.1 Å². The monoisotopic (exact) mass is 418 g/mol. The van der Waals surface area contributed by atoms with Gasteiger partial charge in [0.25, 0.3) is 0 Å². The molecule has 0 saturated heterocycles. The Hall–Kier alpha value is -3.48. The first-order valence-electron chi connectivity index (χ1n) is 10.6. The van der Waals surface area contributed by atoms with Crippen LogP contribution in [0.5, 0.6) is 5.75 Å². The number of nitrogens with zero attached hydrogens (tertiary/aromatic N) is 4. The van der Waals surface area contributed by atoms with Crippen LogP contribution in [0.2, 0.25) is 0 Å². The predicted molar refractivity (Wildman–Crippen MR) is 116 cm³/mol. The van der Waals surface area contributed by atoms with Gasteiger partial charge in [-0.25, -0.2) is 9.48 Å². The third kappa shape index (κ3) is 5.57. The summed E-state index contributed by atoms with van der Waals surface area (Å²) in [6.45, 7) is 0.534. The average Bonchev–Trinajstić information content (AvgIpc) is 3.19. The topological polar surface area (TPSA) is 90.1 Å². The molecule has 31 heavy (non-hydrogen) atoms. The average molecular weight is 418 g/mol. The molecule has 0 aliphatic carbocycles. The van der Waals surface area contributed by atoms with E-state index in [4.69, 9.17) is 4.74 Å². The van der Waals surface area contributed by atoms with Crippen molar-refractivity contribution in [3.05, 3.63) is 83.5 Å². The third-order valence-corrected chi connectivity index (χ3v) is 5.33. The van der Waals surface area contributed by atoms with E-state index in [-0.39, 0.29) is 17.4 Å². The van der Waals surface area contributed by atoms with Crippen LogP contribution in [-0.4, -0.2) is 37.2 Å². The van der Waals surface area contributed by atoms with E-state index in [0.29, 0.717) is 19.4 Å². The van der Waals surface area contributed by atoms with E-state index in [1.807, 2.05) is 36.5 Å². The van der Waals surface area contributed by atoms with Crippen LogP contribution in [0.3, 0.4) is 0 Å². The second-order valence-corrected chi connectivity index (χ2v) is 7.73. The quantitative estimate of drug-likeness (QED) is 0.511. The highest BCUT2D eigenvalue weighted by Gasteiger charge is 2.23. The van der Waals surface area contributed by atoms with Crippen molar-refractivity contribution < 1.29 is 14.6 Å². The molecule has 0 spiro atoms. The lowest BCUT2D eigenvalue weighted by atomic mass is 10.0. The minimum Gasteiger partial charge on any atom is -0.507 e. The molecule has 0 bridgehead atoms. The maximum atomic E-state index is 12.9. The number of fused-ring (bicyclic) bond motifs is 1. The Labute approximate surface area is 181 Å². The molecule has 1 aliphatic rings. The maximum Gasteiger partial charge on any atom is 0.342 e. The van der Waals surface area contributed by atoms with Crippen LogP contribution in [0.25, 0.3) is 0 Å². The number of carbonyl (C=O) groups is 1. The normalized spacial score (nSPS) is 18.3. The van der Waals surface area contributed by atoms with Gasteiger partial charge in [0.2, 0.25) is 0 Å². The summed E-state index contributed by atoms with van der Waals surface area (Å²) in [6.07, 6.45) is 12.2. The molecule has 7 nitrogen and oxygen atoms in total. The highest BCUT2D eigenvalue weighted by atomic mass is 16.5. The molecule has 2 aromatic heterocycles. The number of phenols is 1. The van der Waals surface area contributed by atoms with Crippen molar-refractivity contribution in [1.29, 1.82) is 0 Å². The first kappa shape index (κ1) is 20.8. The number of rotatable bonds is 4. The van der Waals surface area contributed by atoms with E-state index in [1.165, 1.54) is 6.07 Å². The summed E-state index contributed by atoms with van der Waals surface area (Å²) in [6, 6.07) is 10.9. The second-order valence-electron chi connectivity index (χ2n) is 7.73. The molecule has 7 heteroatoms. The Kier molecular flexibility index (Phi) is 6.72. The van der Waals surface area contributed by atoms with E-state index in [1.54, 1.807) is 16.9 Å². The van der Waals surface area contributed by atoms with Gasteiger partial charge in [-0.2, -0.15) is 0 Å². The summed E-state index contributed by atoms with van der Waals surface area (Å²) < 4.78 is 7.59. The molecule has 3 heterocycles. The van der Waals surface area contributed by atoms with Crippen molar-refractivity contribution >= 4 is 5.97 Å². The zero-order valence-corrected chi connectivity index (χ0v) is 17.4. The summed E-state index contributed by atoms with van der Waals surface area (Å²) in [5, 5.41) is 18.7. The van der Waals surface area contributed by atoms with Crippen molar-refractivity contribution in [2.24, 2.45) is 0 Å². The molecule has 0 radical (unpaired) electrons. The zero-order valence-electron chi connectivity index (χ0n) is 17.4. The summed E-state index contributed by atoms with van der Waals surface area (Å²) in [5.74, 6) is -0.541. The van der Waals surface area contributed by atoms with Crippen molar-refractivity contribution in [3.63, 3.8) is 0 Å². The van der Waals surface area contributed by atoms with E-state index in [9.17, 15) is 9.90 Å². The van der Waals surface area contributed by atoms with Crippen LogP contribution in [0.4, 0.5) is 0 Å². The van der Waals surface area contributed by atoms with Crippen LogP contribution in [0, 0.1) is 0 Å². The van der Waals surface area contributed by atoms with E-state index >= 15 is 0 Å². The van der Waals surface area contributed by atoms with Crippen molar-refractivity contribution in [3.8, 4) is 5.75 Å². The van der Waals surface area contributed by atoms with Gasteiger partial charge in [0.1, 0.15) is 17.4 Å². The fraction of sp³-hybridized carbons (Fsp3) is 0.333. The van der Waals surface area contributed by atoms with Gasteiger partial charge >= 0.3 is 5.97 Å². The molecule has 0 unspecified atom stereocenters. The van der Waals surface area contributed by atoms with E-state index in [0.717, 1.165) is 42.6 Å². The number of allylic oxidation sites excluding steroid dienone is 2. The summed E-state index contributed by atoms with van der Waals surface area (Å²) in [5.41, 5.74) is 2.67. The molecule has 0 fully saturated rings. The van der Waals surface area contributed by atoms with Crippen LogP contribution in [0.15, 0.2) is 60.9 Å². The van der Waals surface area contributed by atoms with Gasteiger partial charge in [0.05, 0.1) is 17.9 Å². The Balaban J connectivity index is 1.49. The number of cyclic esters (lactones) is 1. The highest BCUT2D eigenvalue weighted by Crippen LogP contribution is 2.25. The van der Waals surface area contributed by atoms with Crippen molar-refractivity contribution in [2.75, 3.05) is 0 Å². The number of benzene rings is 1. The first-order chi connectivity index (χ1) is 15.2. The lowest BCUT2D eigenvalue weighted by Crippen LogP contribution is -2.22. The SMILES string of the molecule is O=C1O[C@@H](Cc2cn(Cc3ccccn3)nn2)CCCC/C=C/Cc2cccc(O)c21. The standard InChI is InChI=1S/C24H26N4O3/c29-22-13-8-10-18-9-4-2-1-3-5-12-21(31-24(30)23(18)22)15-20-17-28(27-26-20)16-19-11-6-7-14-25-19/h2,4,6-8,10-11,13-14,17,21,29H,1,3,5,9,12,15-16H2/b4-2+/t21-/m1/s1. The molecule has 1 N–H and O–H groups in total. The summed E-state index contributed by atoms with van der Waals surface area (Å²) >= 11 is 0. The molecule has 3 aromatic rings. The Morgan fingerprint density at radius 2 is 2.03 bits per heavy atom. The Bertz CT molecular complexity index is 1050. The van der Waals surface area contributed by atoms with Gasteiger partial charge < -0.3 is 9.84 Å². The minimum absolute atomic E-state index is 0.0481. The lowest BCUT2D eigenvalue weighted by Gasteiger charge is -2.19. The number of aromatic hydroxyl groups is 1. The molecular formula is C24H26N4O3. The van der Waals surface area contributed by atoms with Gasteiger partial charge in [-0.15, -0.1) is 5.10 Å². The number of esters is 1. The molecule has 4 rings (SSSR count). The molecule has 1 aromatic carbocycles. The zero-order chi connectivity index (χ0) is 21.5. The van der Waals surface area contributed by atoms with E-state index < -0.39 is 5.97 Å². The smallest absolute Gasteiger partial charge is 0.342 e. The molecule has 0 amide bonds. The number of ether oxygens (including phenoxy) is 1. The van der Waals surface area contributed by atoms with Crippen molar-refractivity contribution in [2.45, 2.75) is 51.2 Å². The highest BCUT2D eigenvalue weighted by molar-refractivity contribution is 5.94.